The van der Waals surface area contributed by atoms with Gasteiger partial charge in [0.25, 0.3) is 0 Å². The van der Waals surface area contributed by atoms with Crippen molar-refractivity contribution in [1.82, 2.24) is 20.2 Å². The molecule has 2 N–H and O–H groups in total. The molecule has 0 aliphatic rings. The van der Waals surface area contributed by atoms with E-state index in [1.807, 2.05) is 6.92 Å². The van der Waals surface area contributed by atoms with Gasteiger partial charge < -0.3 is 5.73 Å². The Hall–Kier alpha value is -1.98. The normalized spacial score (nSPS) is 12.8. The van der Waals surface area contributed by atoms with E-state index in [2.05, 4.69) is 29.4 Å². The summed E-state index contributed by atoms with van der Waals surface area (Å²) in [7, 11) is 0. The molecule has 0 aliphatic heterocycles. The van der Waals surface area contributed by atoms with Crippen LogP contribution < -0.4 is 5.73 Å². The van der Waals surface area contributed by atoms with Gasteiger partial charge in [-0.3, -0.25) is 0 Å². The Kier molecular flexibility index (Phi) is 4.88. The predicted octanol–water partition coefficient (Wildman–Crippen LogP) is 3.45. The van der Waals surface area contributed by atoms with Gasteiger partial charge in [-0.2, -0.15) is 0 Å². The number of hydrogen-bond acceptors (Lipinski definition) is 4. The van der Waals surface area contributed by atoms with Crippen molar-refractivity contribution in [3.8, 4) is 11.4 Å². The third-order valence-electron chi connectivity index (χ3n) is 3.55. The van der Waals surface area contributed by atoms with Crippen LogP contribution in [-0.4, -0.2) is 20.2 Å². The standard InChI is InChI=1S/C15H22FN5/c1-10(2)5-4-6-11(3)21-15(18-19-20-21)13-9-12(17)7-8-14(13)16/h7-11H,4-6,17H2,1-3H3. The fraction of sp³-hybridized carbons (Fsp3) is 0.533. The van der Waals surface area contributed by atoms with Crippen molar-refractivity contribution in [3.05, 3.63) is 24.0 Å². The molecule has 114 valence electrons. The monoisotopic (exact) mass is 291 g/mol. The summed E-state index contributed by atoms with van der Waals surface area (Å²) in [6, 6.07) is 4.56. The van der Waals surface area contributed by atoms with Crippen LogP contribution in [-0.2, 0) is 0 Å². The summed E-state index contributed by atoms with van der Waals surface area (Å²) in [4.78, 5) is 0. The smallest absolute Gasteiger partial charge is 0.185 e. The van der Waals surface area contributed by atoms with Crippen LogP contribution in [0.3, 0.4) is 0 Å². The molecular weight excluding hydrogens is 269 g/mol. The largest absolute Gasteiger partial charge is 0.399 e. The zero-order chi connectivity index (χ0) is 15.4. The molecule has 1 atom stereocenters. The molecule has 1 aromatic heterocycles. The molecule has 0 saturated heterocycles. The third-order valence-corrected chi connectivity index (χ3v) is 3.55. The van der Waals surface area contributed by atoms with E-state index in [-0.39, 0.29) is 11.9 Å². The second kappa shape index (κ2) is 6.65. The highest BCUT2D eigenvalue weighted by Gasteiger charge is 2.17. The Morgan fingerprint density at radius 3 is 2.71 bits per heavy atom. The Morgan fingerprint density at radius 1 is 1.24 bits per heavy atom. The summed E-state index contributed by atoms with van der Waals surface area (Å²) < 4.78 is 15.6. The quantitative estimate of drug-likeness (QED) is 0.828. The molecule has 2 rings (SSSR count). The molecule has 0 radical (unpaired) electrons. The van der Waals surface area contributed by atoms with E-state index in [0.29, 0.717) is 23.0 Å². The van der Waals surface area contributed by atoms with Crippen LogP contribution in [0.2, 0.25) is 0 Å². The molecular formula is C15H22FN5. The highest BCUT2D eigenvalue weighted by atomic mass is 19.1. The van der Waals surface area contributed by atoms with Gasteiger partial charge in [0.1, 0.15) is 5.82 Å². The van der Waals surface area contributed by atoms with Crippen LogP contribution in [0, 0.1) is 11.7 Å². The van der Waals surface area contributed by atoms with Gasteiger partial charge in [-0.25, -0.2) is 9.07 Å². The zero-order valence-electron chi connectivity index (χ0n) is 12.8. The highest BCUT2D eigenvalue weighted by molar-refractivity contribution is 5.61. The first-order valence-corrected chi connectivity index (χ1v) is 7.32. The summed E-state index contributed by atoms with van der Waals surface area (Å²) in [6.45, 7) is 6.45. The van der Waals surface area contributed by atoms with Gasteiger partial charge in [0.15, 0.2) is 5.82 Å². The van der Waals surface area contributed by atoms with Gasteiger partial charge in [-0.05, 0) is 47.9 Å². The average molecular weight is 291 g/mol. The maximum absolute atomic E-state index is 14.0. The van der Waals surface area contributed by atoms with Crippen LogP contribution >= 0.6 is 0 Å². The average Bonchev–Trinajstić information content (AvgIpc) is 2.90. The van der Waals surface area contributed by atoms with Crippen molar-refractivity contribution in [2.24, 2.45) is 5.92 Å². The van der Waals surface area contributed by atoms with Crippen molar-refractivity contribution in [1.29, 1.82) is 0 Å². The van der Waals surface area contributed by atoms with Gasteiger partial charge >= 0.3 is 0 Å². The lowest BCUT2D eigenvalue weighted by atomic mass is 10.0. The van der Waals surface area contributed by atoms with Crippen LogP contribution in [0.25, 0.3) is 11.4 Å². The molecule has 1 aromatic carbocycles. The van der Waals surface area contributed by atoms with Crippen molar-refractivity contribution in [2.75, 3.05) is 5.73 Å². The van der Waals surface area contributed by atoms with Crippen LogP contribution in [0.15, 0.2) is 18.2 Å². The van der Waals surface area contributed by atoms with Gasteiger partial charge in [0.05, 0.1) is 11.6 Å². The van der Waals surface area contributed by atoms with E-state index in [1.165, 1.54) is 12.1 Å². The Bertz CT molecular complexity index is 593. The minimum absolute atomic E-state index is 0.120. The second-order valence-corrected chi connectivity index (χ2v) is 5.86. The first-order valence-electron chi connectivity index (χ1n) is 7.32. The first-order chi connectivity index (χ1) is 9.99. The third kappa shape index (κ3) is 3.77. The minimum Gasteiger partial charge on any atom is -0.399 e. The molecule has 0 bridgehead atoms. The van der Waals surface area contributed by atoms with Crippen molar-refractivity contribution >= 4 is 5.69 Å². The number of nitrogens with zero attached hydrogens (tertiary/aromatic N) is 4. The SMILES string of the molecule is CC(C)CCCC(C)n1nnnc1-c1cc(N)ccc1F. The molecule has 5 nitrogen and oxygen atoms in total. The van der Waals surface area contributed by atoms with Gasteiger partial charge in [-0.1, -0.05) is 26.7 Å². The number of hydrogen-bond donors (Lipinski definition) is 1. The fourth-order valence-corrected chi connectivity index (χ4v) is 2.33. The molecule has 0 saturated carbocycles. The number of nitrogen functional groups attached to an aromatic ring is 1. The number of halogens is 1. The molecule has 1 heterocycles. The van der Waals surface area contributed by atoms with E-state index >= 15 is 0 Å². The number of benzene rings is 1. The van der Waals surface area contributed by atoms with Gasteiger partial charge in [0.2, 0.25) is 0 Å². The van der Waals surface area contributed by atoms with E-state index in [1.54, 1.807) is 10.7 Å². The van der Waals surface area contributed by atoms with Crippen LogP contribution in [0.4, 0.5) is 10.1 Å². The molecule has 21 heavy (non-hydrogen) atoms. The zero-order valence-corrected chi connectivity index (χ0v) is 12.8. The summed E-state index contributed by atoms with van der Waals surface area (Å²) in [5.41, 5.74) is 6.57. The summed E-state index contributed by atoms with van der Waals surface area (Å²) in [5, 5.41) is 11.7. The minimum atomic E-state index is -0.366. The van der Waals surface area contributed by atoms with Crippen molar-refractivity contribution in [3.63, 3.8) is 0 Å². The number of aromatic nitrogens is 4. The predicted molar refractivity (Wildman–Crippen MR) is 81.0 cm³/mol. The number of nitrogens with two attached hydrogens (primary N) is 1. The van der Waals surface area contributed by atoms with E-state index < -0.39 is 0 Å². The van der Waals surface area contributed by atoms with Gasteiger partial charge in [0, 0.05) is 5.69 Å². The molecule has 0 fully saturated rings. The summed E-state index contributed by atoms with van der Waals surface area (Å²) >= 11 is 0. The van der Waals surface area contributed by atoms with Crippen molar-refractivity contribution in [2.45, 2.75) is 46.1 Å². The number of tetrazole rings is 1. The van der Waals surface area contributed by atoms with E-state index in [4.69, 9.17) is 5.73 Å². The van der Waals surface area contributed by atoms with E-state index in [0.717, 1.165) is 19.3 Å². The highest BCUT2D eigenvalue weighted by Crippen LogP contribution is 2.26. The van der Waals surface area contributed by atoms with Crippen LogP contribution in [0.1, 0.15) is 46.1 Å². The van der Waals surface area contributed by atoms with Gasteiger partial charge in [-0.15, -0.1) is 5.10 Å². The summed E-state index contributed by atoms with van der Waals surface area (Å²) in [5.74, 6) is 0.739. The lowest BCUT2D eigenvalue weighted by Gasteiger charge is -2.14. The second-order valence-electron chi connectivity index (χ2n) is 5.86. The maximum atomic E-state index is 14.0. The Labute approximate surface area is 124 Å². The number of rotatable bonds is 6. The maximum Gasteiger partial charge on any atom is 0.185 e. The number of anilines is 1. The fourth-order valence-electron chi connectivity index (χ4n) is 2.33. The Morgan fingerprint density at radius 2 is 2.00 bits per heavy atom. The van der Waals surface area contributed by atoms with Crippen molar-refractivity contribution < 1.29 is 4.39 Å². The molecule has 0 aliphatic carbocycles. The lowest BCUT2D eigenvalue weighted by Crippen LogP contribution is -2.10. The molecule has 2 aromatic rings. The summed E-state index contributed by atoms with van der Waals surface area (Å²) in [6.07, 6.45) is 3.21. The lowest BCUT2D eigenvalue weighted by molar-refractivity contribution is 0.414. The molecule has 0 spiro atoms. The molecule has 6 heteroatoms. The Balaban J connectivity index is 2.20. The van der Waals surface area contributed by atoms with E-state index in [9.17, 15) is 4.39 Å². The molecule has 1 unspecified atom stereocenters. The topological polar surface area (TPSA) is 69.6 Å². The van der Waals surface area contributed by atoms with Crippen LogP contribution in [0.5, 0.6) is 0 Å². The molecule has 0 amide bonds. The first kappa shape index (κ1) is 15.4.